The molecule has 1 aromatic rings. The summed E-state index contributed by atoms with van der Waals surface area (Å²) in [6.45, 7) is 3.63. The van der Waals surface area contributed by atoms with Crippen LogP contribution in [0.1, 0.15) is 18.0 Å². The standard InChI is InChI=1S/C11H16N2/c1-2-10(12)8-11(13)9-6-4-3-5-7-9/h2-7,10-11H,1,8,12-13H2/t10-,11-/m0/s1. The molecule has 1 rings (SSSR count). The monoisotopic (exact) mass is 176 g/mol. The summed E-state index contributed by atoms with van der Waals surface area (Å²) >= 11 is 0. The molecule has 4 N–H and O–H groups in total. The molecule has 0 heterocycles. The van der Waals surface area contributed by atoms with Crippen molar-refractivity contribution in [3.8, 4) is 0 Å². The Hall–Kier alpha value is -1.12. The van der Waals surface area contributed by atoms with Crippen molar-refractivity contribution in [3.05, 3.63) is 48.6 Å². The lowest BCUT2D eigenvalue weighted by Gasteiger charge is -2.14. The Morgan fingerprint density at radius 2 is 1.85 bits per heavy atom. The van der Waals surface area contributed by atoms with Gasteiger partial charge in [-0.2, -0.15) is 0 Å². The number of hydrogen-bond acceptors (Lipinski definition) is 2. The van der Waals surface area contributed by atoms with Gasteiger partial charge in [-0.25, -0.2) is 0 Å². The predicted octanol–water partition coefficient (Wildman–Crippen LogP) is 1.59. The van der Waals surface area contributed by atoms with Gasteiger partial charge in [-0.3, -0.25) is 0 Å². The van der Waals surface area contributed by atoms with E-state index < -0.39 is 0 Å². The van der Waals surface area contributed by atoms with Crippen molar-refractivity contribution in [1.82, 2.24) is 0 Å². The van der Waals surface area contributed by atoms with Crippen molar-refractivity contribution in [3.63, 3.8) is 0 Å². The van der Waals surface area contributed by atoms with Crippen LogP contribution in [-0.4, -0.2) is 6.04 Å². The molecule has 2 nitrogen and oxygen atoms in total. The fourth-order valence-electron chi connectivity index (χ4n) is 1.23. The predicted molar refractivity (Wildman–Crippen MR) is 56.2 cm³/mol. The molecular weight excluding hydrogens is 160 g/mol. The highest BCUT2D eigenvalue weighted by atomic mass is 14.7. The zero-order chi connectivity index (χ0) is 9.68. The van der Waals surface area contributed by atoms with Crippen LogP contribution >= 0.6 is 0 Å². The Balaban J connectivity index is 2.58. The van der Waals surface area contributed by atoms with E-state index in [9.17, 15) is 0 Å². The minimum Gasteiger partial charge on any atom is -0.324 e. The molecule has 0 unspecified atom stereocenters. The smallest absolute Gasteiger partial charge is 0.0312 e. The van der Waals surface area contributed by atoms with Crippen molar-refractivity contribution in [2.24, 2.45) is 11.5 Å². The summed E-state index contributed by atoms with van der Waals surface area (Å²) in [6, 6.07) is 9.96. The van der Waals surface area contributed by atoms with Crippen LogP contribution in [0.15, 0.2) is 43.0 Å². The molecular formula is C11H16N2. The molecule has 0 aliphatic carbocycles. The third-order valence-electron chi connectivity index (χ3n) is 2.06. The van der Waals surface area contributed by atoms with Crippen molar-refractivity contribution >= 4 is 0 Å². The molecule has 0 fully saturated rings. The van der Waals surface area contributed by atoms with Crippen molar-refractivity contribution in [2.75, 3.05) is 0 Å². The van der Waals surface area contributed by atoms with Crippen LogP contribution in [0.25, 0.3) is 0 Å². The van der Waals surface area contributed by atoms with E-state index in [0.717, 1.165) is 12.0 Å². The number of rotatable bonds is 4. The van der Waals surface area contributed by atoms with Crippen LogP contribution in [0.2, 0.25) is 0 Å². The maximum atomic E-state index is 5.94. The lowest BCUT2D eigenvalue weighted by molar-refractivity contribution is 0.601. The highest BCUT2D eigenvalue weighted by Gasteiger charge is 2.07. The van der Waals surface area contributed by atoms with Gasteiger partial charge in [-0.05, 0) is 12.0 Å². The van der Waals surface area contributed by atoms with Gasteiger partial charge in [0.2, 0.25) is 0 Å². The van der Waals surface area contributed by atoms with Crippen LogP contribution in [0, 0.1) is 0 Å². The normalized spacial score (nSPS) is 14.9. The maximum Gasteiger partial charge on any atom is 0.0312 e. The zero-order valence-corrected chi connectivity index (χ0v) is 7.69. The van der Waals surface area contributed by atoms with Crippen molar-refractivity contribution < 1.29 is 0 Å². The van der Waals surface area contributed by atoms with Gasteiger partial charge in [0, 0.05) is 12.1 Å². The molecule has 0 amide bonds. The van der Waals surface area contributed by atoms with Gasteiger partial charge in [0.1, 0.15) is 0 Å². The van der Waals surface area contributed by atoms with E-state index in [1.165, 1.54) is 0 Å². The molecule has 0 aliphatic rings. The fourth-order valence-corrected chi connectivity index (χ4v) is 1.23. The Bertz CT molecular complexity index is 256. The molecule has 0 saturated carbocycles. The van der Waals surface area contributed by atoms with Gasteiger partial charge in [-0.1, -0.05) is 36.4 Å². The van der Waals surface area contributed by atoms with Crippen LogP contribution in [0.3, 0.4) is 0 Å². The lowest BCUT2D eigenvalue weighted by Crippen LogP contribution is -2.24. The second-order valence-corrected chi connectivity index (χ2v) is 3.15. The maximum absolute atomic E-state index is 5.94. The molecule has 1 aromatic carbocycles. The number of hydrogen-bond donors (Lipinski definition) is 2. The van der Waals surface area contributed by atoms with E-state index in [1.807, 2.05) is 30.3 Å². The first-order valence-corrected chi connectivity index (χ1v) is 4.42. The van der Waals surface area contributed by atoms with Crippen LogP contribution in [-0.2, 0) is 0 Å². The van der Waals surface area contributed by atoms with Crippen molar-refractivity contribution in [2.45, 2.75) is 18.5 Å². The summed E-state index contributed by atoms with van der Waals surface area (Å²) in [4.78, 5) is 0. The lowest BCUT2D eigenvalue weighted by atomic mass is 10.0. The van der Waals surface area contributed by atoms with Crippen LogP contribution in [0.5, 0.6) is 0 Å². The average Bonchev–Trinajstić information content (AvgIpc) is 2.19. The first kappa shape index (κ1) is 9.96. The topological polar surface area (TPSA) is 52.0 Å². The fraction of sp³-hybridized carbons (Fsp3) is 0.273. The highest BCUT2D eigenvalue weighted by molar-refractivity contribution is 5.18. The van der Waals surface area contributed by atoms with E-state index in [0.29, 0.717) is 0 Å². The molecule has 0 aliphatic heterocycles. The van der Waals surface area contributed by atoms with Crippen molar-refractivity contribution in [1.29, 1.82) is 0 Å². The van der Waals surface area contributed by atoms with E-state index in [-0.39, 0.29) is 12.1 Å². The Morgan fingerprint density at radius 3 is 2.38 bits per heavy atom. The van der Waals surface area contributed by atoms with Gasteiger partial charge >= 0.3 is 0 Å². The summed E-state index contributed by atoms with van der Waals surface area (Å²) in [5.41, 5.74) is 12.8. The Kier molecular flexibility index (Phi) is 3.68. The molecule has 0 bridgehead atoms. The highest BCUT2D eigenvalue weighted by Crippen LogP contribution is 2.14. The third kappa shape index (κ3) is 3.01. The van der Waals surface area contributed by atoms with E-state index in [4.69, 9.17) is 11.5 Å². The van der Waals surface area contributed by atoms with Crippen LogP contribution in [0.4, 0.5) is 0 Å². The number of nitrogens with two attached hydrogens (primary N) is 2. The van der Waals surface area contributed by atoms with Gasteiger partial charge in [0.15, 0.2) is 0 Å². The number of benzene rings is 1. The summed E-state index contributed by atoms with van der Waals surface area (Å²) in [5.74, 6) is 0. The van der Waals surface area contributed by atoms with Crippen LogP contribution < -0.4 is 11.5 Å². The molecule has 0 spiro atoms. The van der Waals surface area contributed by atoms with E-state index in [1.54, 1.807) is 6.08 Å². The van der Waals surface area contributed by atoms with E-state index >= 15 is 0 Å². The summed E-state index contributed by atoms with van der Waals surface area (Å²) < 4.78 is 0. The minimum atomic E-state index is -0.0183. The zero-order valence-electron chi connectivity index (χ0n) is 7.69. The second-order valence-electron chi connectivity index (χ2n) is 3.15. The van der Waals surface area contributed by atoms with Gasteiger partial charge < -0.3 is 11.5 Å². The third-order valence-corrected chi connectivity index (χ3v) is 2.06. The first-order valence-electron chi connectivity index (χ1n) is 4.42. The summed E-state index contributed by atoms with van der Waals surface area (Å²) in [5, 5.41) is 0. The second kappa shape index (κ2) is 4.80. The van der Waals surface area contributed by atoms with Gasteiger partial charge in [0.25, 0.3) is 0 Å². The summed E-state index contributed by atoms with van der Waals surface area (Å²) in [7, 11) is 0. The first-order chi connectivity index (χ1) is 6.24. The largest absolute Gasteiger partial charge is 0.324 e. The minimum absolute atomic E-state index is 0.00852. The summed E-state index contributed by atoms with van der Waals surface area (Å²) in [6.07, 6.45) is 2.47. The molecule has 2 heteroatoms. The van der Waals surface area contributed by atoms with Gasteiger partial charge in [0.05, 0.1) is 0 Å². The molecule has 0 radical (unpaired) electrons. The molecule has 0 saturated heterocycles. The Labute approximate surface area is 79.2 Å². The molecule has 13 heavy (non-hydrogen) atoms. The van der Waals surface area contributed by atoms with E-state index in [2.05, 4.69) is 6.58 Å². The van der Waals surface area contributed by atoms with Gasteiger partial charge in [-0.15, -0.1) is 6.58 Å². The molecule has 70 valence electrons. The molecule has 2 atom stereocenters. The molecule has 0 aromatic heterocycles. The average molecular weight is 176 g/mol. The Morgan fingerprint density at radius 1 is 1.23 bits per heavy atom. The SMILES string of the molecule is C=C[C@H](N)C[C@H](N)c1ccccc1. The quantitative estimate of drug-likeness (QED) is 0.684.